The number of piperidine rings is 1. The fourth-order valence-corrected chi connectivity index (χ4v) is 3.88. The minimum atomic E-state index is 0.743. The van der Waals surface area contributed by atoms with Crippen molar-refractivity contribution in [3.63, 3.8) is 0 Å². The van der Waals surface area contributed by atoms with Gasteiger partial charge in [-0.25, -0.2) is 4.98 Å². The van der Waals surface area contributed by atoms with Crippen molar-refractivity contribution in [3.05, 3.63) is 16.1 Å². The Morgan fingerprint density at radius 1 is 1.28 bits per heavy atom. The first-order chi connectivity index (χ1) is 12.2. The van der Waals surface area contributed by atoms with E-state index in [9.17, 15) is 0 Å². The zero-order chi connectivity index (χ0) is 17.9. The average molecular weight is 366 g/mol. The third-order valence-electron chi connectivity index (χ3n) is 4.86. The minimum absolute atomic E-state index is 0.743. The van der Waals surface area contributed by atoms with Gasteiger partial charge in [-0.2, -0.15) is 0 Å². The fourth-order valence-electron chi connectivity index (χ4n) is 3.28. The molecule has 1 saturated heterocycles. The van der Waals surface area contributed by atoms with Crippen LogP contribution >= 0.6 is 11.3 Å². The molecule has 0 bridgehead atoms. The second-order valence-corrected chi connectivity index (χ2v) is 8.08. The molecule has 1 aromatic rings. The lowest BCUT2D eigenvalue weighted by molar-refractivity contribution is 0.176. The molecule has 2 N–H and O–H groups in total. The van der Waals surface area contributed by atoms with Crippen LogP contribution < -0.4 is 10.6 Å². The van der Waals surface area contributed by atoms with Crippen LogP contribution in [0.25, 0.3) is 0 Å². The molecule has 5 nitrogen and oxygen atoms in total. The highest BCUT2D eigenvalue weighted by Gasteiger charge is 2.20. The van der Waals surface area contributed by atoms with Crippen LogP contribution in [-0.4, -0.2) is 49.1 Å². The molecule has 1 aliphatic rings. The second kappa shape index (κ2) is 11.5. The van der Waals surface area contributed by atoms with Gasteiger partial charge in [-0.3, -0.25) is 9.89 Å². The second-order valence-electron chi connectivity index (χ2n) is 7.02. The third kappa shape index (κ3) is 7.74. The van der Waals surface area contributed by atoms with E-state index in [1.807, 2.05) is 7.05 Å². The van der Waals surface area contributed by atoms with Crippen LogP contribution in [0.2, 0.25) is 0 Å². The molecule has 0 radical (unpaired) electrons. The number of thiazole rings is 1. The van der Waals surface area contributed by atoms with Crippen LogP contribution in [0.5, 0.6) is 0 Å². The highest BCUT2D eigenvalue weighted by atomic mass is 32.1. The summed E-state index contributed by atoms with van der Waals surface area (Å²) >= 11 is 1.75. The quantitative estimate of drug-likeness (QED) is 0.400. The standard InChI is InChI=1S/C19H35N5S/c1-4-5-6-7-10-21-19(20-3)22-13-17-8-11-24(12-9-17)14-18-15-25-16(2)23-18/h15,17H,4-14H2,1-3H3,(H2,20,21,22). The number of hydrogen-bond donors (Lipinski definition) is 2. The molecule has 1 fully saturated rings. The van der Waals surface area contributed by atoms with Gasteiger partial charge in [0.25, 0.3) is 0 Å². The van der Waals surface area contributed by atoms with Crippen molar-refractivity contribution in [1.82, 2.24) is 20.5 Å². The maximum Gasteiger partial charge on any atom is 0.190 e. The predicted molar refractivity (Wildman–Crippen MR) is 108 cm³/mol. The number of aromatic nitrogens is 1. The zero-order valence-corrected chi connectivity index (χ0v) is 17.0. The van der Waals surface area contributed by atoms with Gasteiger partial charge in [0.15, 0.2) is 5.96 Å². The first-order valence-electron chi connectivity index (χ1n) is 9.79. The molecule has 0 atom stereocenters. The van der Waals surface area contributed by atoms with Crippen LogP contribution in [-0.2, 0) is 6.54 Å². The number of nitrogens with one attached hydrogen (secondary N) is 2. The number of guanidine groups is 1. The van der Waals surface area contributed by atoms with E-state index in [4.69, 9.17) is 0 Å². The molecule has 2 rings (SSSR count). The average Bonchev–Trinajstić information content (AvgIpc) is 3.03. The monoisotopic (exact) mass is 365 g/mol. The lowest BCUT2D eigenvalue weighted by atomic mass is 9.97. The first-order valence-corrected chi connectivity index (χ1v) is 10.7. The molecule has 0 aliphatic carbocycles. The Balaban J connectivity index is 1.59. The predicted octanol–water partition coefficient (Wildman–Crippen LogP) is 3.41. The Morgan fingerprint density at radius 3 is 2.72 bits per heavy atom. The Labute approximate surface area is 157 Å². The van der Waals surface area contributed by atoms with Crippen molar-refractivity contribution >= 4 is 17.3 Å². The van der Waals surface area contributed by atoms with Crippen LogP contribution in [0.3, 0.4) is 0 Å². The Kier molecular flexibility index (Phi) is 9.26. The van der Waals surface area contributed by atoms with Crippen molar-refractivity contribution in [3.8, 4) is 0 Å². The van der Waals surface area contributed by atoms with Gasteiger partial charge in [-0.15, -0.1) is 11.3 Å². The molecule has 1 aliphatic heterocycles. The molecule has 6 heteroatoms. The molecule has 0 saturated carbocycles. The number of likely N-dealkylation sites (tertiary alicyclic amines) is 1. The zero-order valence-electron chi connectivity index (χ0n) is 16.2. The summed E-state index contributed by atoms with van der Waals surface area (Å²) in [7, 11) is 1.86. The van der Waals surface area contributed by atoms with E-state index < -0.39 is 0 Å². The summed E-state index contributed by atoms with van der Waals surface area (Å²) in [5, 5.41) is 10.3. The van der Waals surface area contributed by atoms with Gasteiger partial charge in [0.1, 0.15) is 0 Å². The normalized spacial score (nSPS) is 17.0. The minimum Gasteiger partial charge on any atom is -0.356 e. The first kappa shape index (κ1) is 20.2. The molecule has 25 heavy (non-hydrogen) atoms. The Hall–Kier alpha value is -1.14. The largest absolute Gasteiger partial charge is 0.356 e. The number of nitrogens with zero attached hydrogens (tertiary/aromatic N) is 3. The SMILES string of the molecule is CCCCCCNC(=NC)NCC1CCN(Cc2csc(C)n2)CC1. The summed E-state index contributed by atoms with van der Waals surface area (Å²) in [5.74, 6) is 1.70. The lowest BCUT2D eigenvalue weighted by Gasteiger charge is -2.31. The Morgan fingerprint density at radius 2 is 2.08 bits per heavy atom. The smallest absolute Gasteiger partial charge is 0.190 e. The highest BCUT2D eigenvalue weighted by molar-refractivity contribution is 7.09. The number of aliphatic imine (C=N–C) groups is 1. The molecule has 0 amide bonds. The van der Waals surface area contributed by atoms with E-state index in [2.05, 4.69) is 44.7 Å². The van der Waals surface area contributed by atoms with Gasteiger partial charge >= 0.3 is 0 Å². The van der Waals surface area contributed by atoms with Crippen LogP contribution in [0.15, 0.2) is 10.4 Å². The molecule has 2 heterocycles. The number of unbranched alkanes of at least 4 members (excludes halogenated alkanes) is 3. The molecule has 1 aromatic heterocycles. The summed E-state index contributed by atoms with van der Waals surface area (Å²) in [6.45, 7) is 9.72. The van der Waals surface area contributed by atoms with Crippen molar-refractivity contribution in [2.45, 2.75) is 58.9 Å². The van der Waals surface area contributed by atoms with E-state index >= 15 is 0 Å². The van der Waals surface area contributed by atoms with E-state index in [-0.39, 0.29) is 0 Å². The summed E-state index contributed by atoms with van der Waals surface area (Å²) in [6.07, 6.45) is 7.65. The maximum atomic E-state index is 4.58. The molecule has 0 spiro atoms. The van der Waals surface area contributed by atoms with Crippen molar-refractivity contribution in [2.75, 3.05) is 33.2 Å². The van der Waals surface area contributed by atoms with E-state index in [0.29, 0.717) is 0 Å². The highest BCUT2D eigenvalue weighted by Crippen LogP contribution is 2.19. The van der Waals surface area contributed by atoms with E-state index in [1.165, 1.54) is 62.3 Å². The van der Waals surface area contributed by atoms with Crippen molar-refractivity contribution in [2.24, 2.45) is 10.9 Å². The van der Waals surface area contributed by atoms with Crippen LogP contribution in [0, 0.1) is 12.8 Å². The van der Waals surface area contributed by atoms with Gasteiger partial charge in [-0.05, 0) is 45.2 Å². The van der Waals surface area contributed by atoms with E-state index in [0.717, 1.165) is 31.5 Å². The van der Waals surface area contributed by atoms with Crippen molar-refractivity contribution in [1.29, 1.82) is 0 Å². The summed E-state index contributed by atoms with van der Waals surface area (Å²) in [5.41, 5.74) is 1.23. The number of rotatable bonds is 9. The molecule has 0 unspecified atom stereocenters. The number of aryl methyl sites for hydroxylation is 1. The van der Waals surface area contributed by atoms with E-state index in [1.54, 1.807) is 11.3 Å². The van der Waals surface area contributed by atoms with Gasteiger partial charge in [0.05, 0.1) is 10.7 Å². The maximum absolute atomic E-state index is 4.58. The summed E-state index contributed by atoms with van der Waals surface area (Å²) in [4.78, 5) is 11.5. The van der Waals surface area contributed by atoms with Gasteiger partial charge in [0, 0.05) is 32.1 Å². The molecular weight excluding hydrogens is 330 g/mol. The molecule has 0 aromatic carbocycles. The number of hydrogen-bond acceptors (Lipinski definition) is 4. The Bertz CT molecular complexity index is 506. The van der Waals surface area contributed by atoms with Gasteiger partial charge in [0.2, 0.25) is 0 Å². The topological polar surface area (TPSA) is 52.6 Å². The summed E-state index contributed by atoms with van der Waals surface area (Å²) in [6, 6.07) is 0. The van der Waals surface area contributed by atoms with Crippen molar-refractivity contribution < 1.29 is 0 Å². The molecule has 142 valence electrons. The lowest BCUT2D eigenvalue weighted by Crippen LogP contribution is -2.43. The molecular formula is C19H35N5S. The third-order valence-corrected chi connectivity index (χ3v) is 5.69. The van der Waals surface area contributed by atoms with Gasteiger partial charge < -0.3 is 10.6 Å². The fraction of sp³-hybridized carbons (Fsp3) is 0.789. The van der Waals surface area contributed by atoms with Crippen LogP contribution in [0.1, 0.15) is 56.2 Å². The van der Waals surface area contributed by atoms with Gasteiger partial charge in [-0.1, -0.05) is 26.2 Å². The van der Waals surface area contributed by atoms with Crippen LogP contribution in [0.4, 0.5) is 0 Å². The summed E-state index contributed by atoms with van der Waals surface area (Å²) < 4.78 is 0.